The van der Waals surface area contributed by atoms with Crippen molar-refractivity contribution in [1.29, 1.82) is 0 Å². The van der Waals surface area contributed by atoms with Crippen LogP contribution in [0.2, 0.25) is 0 Å². The van der Waals surface area contributed by atoms with Crippen molar-refractivity contribution in [2.75, 3.05) is 0 Å². The highest BCUT2D eigenvalue weighted by atomic mass is 16.1. The van der Waals surface area contributed by atoms with Gasteiger partial charge in [-0.05, 0) is 29.7 Å². The van der Waals surface area contributed by atoms with Gasteiger partial charge in [-0.1, -0.05) is 42.5 Å². The second kappa shape index (κ2) is 4.49. The molecule has 0 unspecified atom stereocenters. The molecule has 0 aliphatic carbocycles. The van der Waals surface area contributed by atoms with Gasteiger partial charge in [0.25, 0.3) is 0 Å². The lowest BCUT2D eigenvalue weighted by Crippen LogP contribution is -1.87. The average Bonchev–Trinajstić information content (AvgIpc) is 2.84. The Morgan fingerprint density at radius 3 is 2.61 bits per heavy atom. The van der Waals surface area contributed by atoms with E-state index in [1.807, 2.05) is 36.4 Å². The van der Waals surface area contributed by atoms with Gasteiger partial charge in [0, 0.05) is 10.9 Å². The van der Waals surface area contributed by atoms with E-state index in [-0.39, 0.29) is 0 Å². The molecule has 2 heteroatoms. The Labute approximate surface area is 105 Å². The van der Waals surface area contributed by atoms with Gasteiger partial charge in [0.05, 0.1) is 5.69 Å². The number of hydrogen-bond donors (Lipinski definition) is 1. The van der Waals surface area contributed by atoms with Gasteiger partial charge < -0.3 is 4.98 Å². The third-order valence-corrected chi connectivity index (χ3v) is 3.14. The minimum Gasteiger partial charge on any atom is -0.352 e. The molecule has 0 aliphatic rings. The molecular formula is C16H13NO. The Morgan fingerprint density at radius 2 is 1.83 bits per heavy atom. The number of rotatable bonds is 3. The summed E-state index contributed by atoms with van der Waals surface area (Å²) in [7, 11) is 0. The maximum absolute atomic E-state index is 10.8. The Balaban J connectivity index is 2.06. The number of hydrogen-bond acceptors (Lipinski definition) is 1. The first-order chi connectivity index (χ1) is 8.86. The fraction of sp³-hybridized carbons (Fsp3) is 0.0625. The standard InChI is InChI=1S/C16H13NO/c18-11-14-10-15-13(7-4-8-16(15)17-14)9-12-5-2-1-3-6-12/h1-8,10-11,17H,9H2. The quantitative estimate of drug-likeness (QED) is 0.692. The highest BCUT2D eigenvalue weighted by molar-refractivity contribution is 5.90. The number of H-pyrrole nitrogens is 1. The van der Waals surface area contributed by atoms with Crippen LogP contribution in [0.25, 0.3) is 10.9 Å². The molecule has 1 N–H and O–H groups in total. The van der Waals surface area contributed by atoms with Crippen molar-refractivity contribution in [1.82, 2.24) is 4.98 Å². The van der Waals surface area contributed by atoms with Crippen molar-refractivity contribution in [3.05, 3.63) is 71.4 Å². The average molecular weight is 235 g/mol. The largest absolute Gasteiger partial charge is 0.352 e. The van der Waals surface area contributed by atoms with Crippen LogP contribution in [-0.4, -0.2) is 11.3 Å². The molecule has 0 spiro atoms. The summed E-state index contributed by atoms with van der Waals surface area (Å²) in [5, 5.41) is 1.13. The number of aldehydes is 1. The molecule has 0 radical (unpaired) electrons. The molecule has 0 saturated heterocycles. The number of carbonyl (C=O) groups excluding carboxylic acids is 1. The molecule has 3 rings (SSSR count). The Kier molecular flexibility index (Phi) is 2.69. The zero-order valence-corrected chi connectivity index (χ0v) is 9.89. The number of carbonyl (C=O) groups is 1. The Hall–Kier alpha value is -2.35. The van der Waals surface area contributed by atoms with Crippen molar-refractivity contribution in [2.45, 2.75) is 6.42 Å². The van der Waals surface area contributed by atoms with Gasteiger partial charge in [-0.15, -0.1) is 0 Å². The second-order valence-corrected chi connectivity index (χ2v) is 4.38. The van der Waals surface area contributed by atoms with Crippen LogP contribution in [0, 0.1) is 0 Å². The Morgan fingerprint density at radius 1 is 1.00 bits per heavy atom. The van der Waals surface area contributed by atoms with Crippen LogP contribution in [0.4, 0.5) is 0 Å². The van der Waals surface area contributed by atoms with E-state index in [0.717, 1.165) is 23.6 Å². The van der Waals surface area contributed by atoms with Crippen LogP contribution in [0.15, 0.2) is 54.6 Å². The van der Waals surface area contributed by atoms with Gasteiger partial charge in [-0.2, -0.15) is 0 Å². The van der Waals surface area contributed by atoms with Crippen molar-refractivity contribution < 1.29 is 4.79 Å². The first-order valence-electron chi connectivity index (χ1n) is 5.96. The second-order valence-electron chi connectivity index (χ2n) is 4.38. The topological polar surface area (TPSA) is 32.9 Å². The SMILES string of the molecule is O=Cc1cc2c(Cc3ccccc3)cccc2[nH]1. The van der Waals surface area contributed by atoms with Crippen molar-refractivity contribution >= 4 is 17.2 Å². The van der Waals surface area contributed by atoms with E-state index in [1.54, 1.807) is 0 Å². The fourth-order valence-corrected chi connectivity index (χ4v) is 2.27. The lowest BCUT2D eigenvalue weighted by molar-refractivity contribution is 0.112. The lowest BCUT2D eigenvalue weighted by atomic mass is 10.0. The highest BCUT2D eigenvalue weighted by Crippen LogP contribution is 2.21. The molecule has 0 bridgehead atoms. The Bertz CT molecular complexity index is 683. The number of aromatic nitrogens is 1. The van der Waals surface area contributed by atoms with Gasteiger partial charge in [-0.3, -0.25) is 4.79 Å². The smallest absolute Gasteiger partial charge is 0.166 e. The van der Waals surface area contributed by atoms with Crippen LogP contribution in [0.3, 0.4) is 0 Å². The van der Waals surface area contributed by atoms with Gasteiger partial charge in [0.15, 0.2) is 6.29 Å². The summed E-state index contributed by atoms with van der Waals surface area (Å²) in [6, 6.07) is 18.4. The predicted octanol–water partition coefficient (Wildman–Crippen LogP) is 3.57. The third-order valence-electron chi connectivity index (χ3n) is 3.14. The molecule has 18 heavy (non-hydrogen) atoms. The van der Waals surface area contributed by atoms with Crippen LogP contribution >= 0.6 is 0 Å². The van der Waals surface area contributed by atoms with Crippen LogP contribution in [0.1, 0.15) is 21.6 Å². The van der Waals surface area contributed by atoms with E-state index >= 15 is 0 Å². The molecule has 1 aromatic heterocycles. The number of nitrogens with one attached hydrogen (secondary N) is 1. The summed E-state index contributed by atoms with van der Waals surface area (Å²) in [6.45, 7) is 0. The molecule has 88 valence electrons. The minimum atomic E-state index is 0.630. The third kappa shape index (κ3) is 1.93. The molecule has 0 atom stereocenters. The van der Waals surface area contributed by atoms with Crippen LogP contribution < -0.4 is 0 Å². The fourth-order valence-electron chi connectivity index (χ4n) is 2.27. The maximum atomic E-state index is 10.8. The molecule has 0 amide bonds. The van der Waals surface area contributed by atoms with Crippen molar-refractivity contribution in [3.8, 4) is 0 Å². The van der Waals surface area contributed by atoms with Crippen LogP contribution in [-0.2, 0) is 6.42 Å². The molecule has 0 aliphatic heterocycles. The van der Waals surface area contributed by atoms with Gasteiger partial charge in [-0.25, -0.2) is 0 Å². The number of aromatic amines is 1. The minimum absolute atomic E-state index is 0.630. The highest BCUT2D eigenvalue weighted by Gasteiger charge is 2.05. The number of fused-ring (bicyclic) bond motifs is 1. The molecule has 3 aromatic rings. The van der Waals surface area contributed by atoms with Gasteiger partial charge >= 0.3 is 0 Å². The summed E-state index contributed by atoms with van der Waals surface area (Å²) >= 11 is 0. The van der Waals surface area contributed by atoms with E-state index in [0.29, 0.717) is 5.69 Å². The summed E-state index contributed by atoms with van der Waals surface area (Å²) in [4.78, 5) is 13.9. The number of benzene rings is 2. The predicted molar refractivity (Wildman–Crippen MR) is 72.9 cm³/mol. The molecule has 1 heterocycles. The van der Waals surface area contributed by atoms with E-state index in [1.165, 1.54) is 11.1 Å². The molecule has 0 saturated carbocycles. The van der Waals surface area contributed by atoms with E-state index < -0.39 is 0 Å². The molecule has 0 fully saturated rings. The zero-order valence-electron chi connectivity index (χ0n) is 9.89. The first-order valence-corrected chi connectivity index (χ1v) is 5.96. The van der Waals surface area contributed by atoms with Crippen molar-refractivity contribution in [3.63, 3.8) is 0 Å². The van der Waals surface area contributed by atoms with E-state index in [2.05, 4.69) is 23.2 Å². The van der Waals surface area contributed by atoms with E-state index in [9.17, 15) is 4.79 Å². The summed E-state index contributed by atoms with van der Waals surface area (Å²) in [5.74, 6) is 0. The van der Waals surface area contributed by atoms with E-state index in [4.69, 9.17) is 0 Å². The summed E-state index contributed by atoms with van der Waals surface area (Å²) in [5.41, 5.74) is 4.16. The zero-order chi connectivity index (χ0) is 12.4. The maximum Gasteiger partial charge on any atom is 0.166 e. The molecule has 2 aromatic carbocycles. The van der Waals surface area contributed by atoms with Crippen LogP contribution in [0.5, 0.6) is 0 Å². The first kappa shape index (κ1) is 10.8. The van der Waals surface area contributed by atoms with Gasteiger partial charge in [0.2, 0.25) is 0 Å². The summed E-state index contributed by atoms with van der Waals surface area (Å²) in [6.07, 6.45) is 1.74. The monoisotopic (exact) mass is 235 g/mol. The summed E-state index contributed by atoms with van der Waals surface area (Å²) < 4.78 is 0. The molecule has 2 nitrogen and oxygen atoms in total. The molecular weight excluding hydrogens is 222 g/mol. The van der Waals surface area contributed by atoms with Gasteiger partial charge in [0.1, 0.15) is 0 Å². The normalized spacial score (nSPS) is 10.7. The lowest BCUT2D eigenvalue weighted by Gasteiger charge is -2.03. The van der Waals surface area contributed by atoms with Crippen molar-refractivity contribution in [2.24, 2.45) is 0 Å².